The van der Waals surface area contributed by atoms with Crippen molar-refractivity contribution in [2.75, 3.05) is 25.0 Å². The Bertz CT molecular complexity index is 937. The molecule has 5 heteroatoms. The van der Waals surface area contributed by atoms with Crippen LogP contribution < -0.4 is 5.32 Å². The van der Waals surface area contributed by atoms with Gasteiger partial charge in [0.1, 0.15) is 0 Å². The van der Waals surface area contributed by atoms with E-state index < -0.39 is 0 Å². The molecule has 0 unspecified atom stereocenters. The third-order valence-electron chi connectivity index (χ3n) is 4.86. The summed E-state index contributed by atoms with van der Waals surface area (Å²) in [4.78, 5) is 18.0. The predicted molar refractivity (Wildman–Crippen MR) is 104 cm³/mol. The van der Waals surface area contributed by atoms with Crippen molar-refractivity contribution in [3.8, 4) is 0 Å². The molecule has 1 amide bonds. The van der Waals surface area contributed by atoms with Crippen LogP contribution in [0.1, 0.15) is 35.9 Å². The number of amides is 1. The Balaban J connectivity index is 1.58. The molecule has 0 fully saturated rings. The van der Waals surface area contributed by atoms with Gasteiger partial charge in [0.25, 0.3) is 5.91 Å². The first-order chi connectivity index (χ1) is 12.7. The number of hydrogen-bond donors (Lipinski definition) is 2. The number of nitrogens with zero attached hydrogens (tertiary/aromatic N) is 1. The van der Waals surface area contributed by atoms with Gasteiger partial charge in [-0.05, 0) is 55.3 Å². The number of aromatic nitrogens is 1. The molecule has 4 rings (SSSR count). The number of fused-ring (bicyclic) bond motifs is 1. The summed E-state index contributed by atoms with van der Waals surface area (Å²) >= 11 is 0. The quantitative estimate of drug-likeness (QED) is 0.712. The smallest absolute Gasteiger partial charge is 0.291 e. The summed E-state index contributed by atoms with van der Waals surface area (Å²) in [6.07, 6.45) is 8.14. The monoisotopic (exact) mass is 349 g/mol. The summed E-state index contributed by atoms with van der Waals surface area (Å²) in [6, 6.07) is 9.30. The molecule has 0 bridgehead atoms. The molecule has 0 saturated heterocycles. The van der Waals surface area contributed by atoms with Gasteiger partial charge in [0.05, 0.1) is 6.26 Å². The van der Waals surface area contributed by atoms with Crippen LogP contribution in [0.5, 0.6) is 0 Å². The first-order valence-electron chi connectivity index (χ1n) is 9.12. The Morgan fingerprint density at radius 1 is 1.35 bits per heavy atom. The highest BCUT2D eigenvalue weighted by molar-refractivity contribution is 6.04. The summed E-state index contributed by atoms with van der Waals surface area (Å²) in [7, 11) is 0. The van der Waals surface area contributed by atoms with Gasteiger partial charge in [-0.3, -0.25) is 9.69 Å². The van der Waals surface area contributed by atoms with Crippen LogP contribution in [-0.2, 0) is 0 Å². The summed E-state index contributed by atoms with van der Waals surface area (Å²) < 4.78 is 5.16. The van der Waals surface area contributed by atoms with Gasteiger partial charge in [0, 0.05) is 41.4 Å². The molecule has 0 saturated carbocycles. The molecule has 0 radical (unpaired) electrons. The minimum atomic E-state index is -0.237. The summed E-state index contributed by atoms with van der Waals surface area (Å²) in [5.41, 5.74) is 4.44. The number of nitrogens with one attached hydrogen (secondary N) is 2. The van der Waals surface area contributed by atoms with Crippen LogP contribution in [0.4, 0.5) is 5.69 Å². The van der Waals surface area contributed by atoms with Crippen molar-refractivity contribution in [3.05, 3.63) is 60.2 Å². The number of furan rings is 1. The van der Waals surface area contributed by atoms with E-state index in [0.29, 0.717) is 5.76 Å². The minimum absolute atomic E-state index is 0.237. The Morgan fingerprint density at radius 2 is 2.27 bits per heavy atom. The van der Waals surface area contributed by atoms with Gasteiger partial charge in [0.2, 0.25) is 0 Å². The third kappa shape index (κ3) is 3.30. The maximum atomic E-state index is 12.2. The highest BCUT2D eigenvalue weighted by Crippen LogP contribution is 2.31. The number of carbonyl (C=O) groups is 1. The van der Waals surface area contributed by atoms with E-state index in [1.54, 1.807) is 12.1 Å². The van der Waals surface area contributed by atoms with Gasteiger partial charge in [-0.2, -0.15) is 0 Å². The van der Waals surface area contributed by atoms with Crippen LogP contribution in [-0.4, -0.2) is 35.4 Å². The third-order valence-corrected chi connectivity index (χ3v) is 4.86. The molecule has 1 aliphatic rings. The van der Waals surface area contributed by atoms with Crippen LogP contribution in [0.15, 0.2) is 53.3 Å². The Labute approximate surface area is 152 Å². The number of hydrogen-bond acceptors (Lipinski definition) is 3. The van der Waals surface area contributed by atoms with E-state index in [0.717, 1.165) is 42.6 Å². The van der Waals surface area contributed by atoms with Crippen LogP contribution in [0, 0.1) is 0 Å². The zero-order valence-corrected chi connectivity index (χ0v) is 14.9. The molecule has 1 aliphatic heterocycles. The molecule has 2 N–H and O–H groups in total. The highest BCUT2D eigenvalue weighted by Gasteiger charge is 2.16. The molecule has 0 atom stereocenters. The van der Waals surface area contributed by atoms with Crippen molar-refractivity contribution >= 4 is 28.1 Å². The topological polar surface area (TPSA) is 61.3 Å². The summed E-state index contributed by atoms with van der Waals surface area (Å²) in [6.45, 7) is 5.48. The molecule has 3 aromatic rings. The molecular weight excluding hydrogens is 326 g/mol. The van der Waals surface area contributed by atoms with Gasteiger partial charge >= 0.3 is 0 Å². The molecule has 2 aromatic heterocycles. The molecule has 134 valence electrons. The molecule has 1 aromatic carbocycles. The van der Waals surface area contributed by atoms with E-state index in [2.05, 4.69) is 34.4 Å². The van der Waals surface area contributed by atoms with Crippen LogP contribution in [0.3, 0.4) is 0 Å². The second-order valence-corrected chi connectivity index (χ2v) is 6.67. The number of benzene rings is 1. The number of carbonyl (C=O) groups excluding carboxylic acids is 1. The minimum Gasteiger partial charge on any atom is -0.459 e. The second kappa shape index (κ2) is 7.22. The van der Waals surface area contributed by atoms with Crippen molar-refractivity contribution in [1.82, 2.24) is 9.88 Å². The van der Waals surface area contributed by atoms with Crippen LogP contribution >= 0.6 is 0 Å². The maximum absolute atomic E-state index is 12.2. The number of H-pyrrole nitrogens is 1. The lowest BCUT2D eigenvalue weighted by Crippen LogP contribution is -2.29. The van der Waals surface area contributed by atoms with Crippen molar-refractivity contribution in [2.24, 2.45) is 0 Å². The van der Waals surface area contributed by atoms with Crippen molar-refractivity contribution in [3.63, 3.8) is 0 Å². The Hall–Kier alpha value is -2.79. The lowest BCUT2D eigenvalue weighted by Gasteiger charge is -2.25. The normalized spacial score (nSPS) is 15.2. The maximum Gasteiger partial charge on any atom is 0.291 e. The molecule has 0 spiro atoms. The number of aromatic amines is 1. The van der Waals surface area contributed by atoms with E-state index in [1.807, 2.05) is 18.2 Å². The largest absolute Gasteiger partial charge is 0.459 e. The highest BCUT2D eigenvalue weighted by atomic mass is 16.3. The molecule has 0 aliphatic carbocycles. The van der Waals surface area contributed by atoms with Gasteiger partial charge in [0.15, 0.2) is 5.76 Å². The molecule has 3 heterocycles. The fourth-order valence-corrected chi connectivity index (χ4v) is 3.54. The Kier molecular flexibility index (Phi) is 4.63. The van der Waals surface area contributed by atoms with Crippen molar-refractivity contribution in [2.45, 2.75) is 19.8 Å². The van der Waals surface area contributed by atoms with Crippen molar-refractivity contribution in [1.29, 1.82) is 0 Å². The lowest BCUT2D eigenvalue weighted by atomic mass is 9.98. The summed E-state index contributed by atoms with van der Waals surface area (Å²) in [5, 5.41) is 4.04. The van der Waals surface area contributed by atoms with Gasteiger partial charge in [-0.1, -0.05) is 13.0 Å². The zero-order chi connectivity index (χ0) is 17.9. The molecule has 26 heavy (non-hydrogen) atoms. The lowest BCUT2D eigenvalue weighted by molar-refractivity contribution is 0.0996. The first kappa shape index (κ1) is 16.7. The number of anilines is 1. The average molecular weight is 349 g/mol. The predicted octanol–water partition coefficient (Wildman–Crippen LogP) is 4.51. The van der Waals surface area contributed by atoms with Gasteiger partial charge in [-0.15, -0.1) is 0 Å². The van der Waals surface area contributed by atoms with Crippen LogP contribution in [0.2, 0.25) is 0 Å². The average Bonchev–Trinajstić information content (AvgIpc) is 3.32. The SMILES string of the molecule is CCCN1CC=C(c2c[nH]c3ccc(NC(=O)c4ccco4)cc23)CC1. The van der Waals surface area contributed by atoms with E-state index in [4.69, 9.17) is 4.42 Å². The standard InChI is InChI=1S/C21H23N3O2/c1-2-9-24-10-7-15(8-11-24)18-14-22-19-6-5-16(13-17(18)19)23-21(25)20-4-3-12-26-20/h3-7,12-14,22H,2,8-11H2,1H3,(H,23,25). The van der Waals surface area contributed by atoms with Crippen molar-refractivity contribution < 1.29 is 9.21 Å². The van der Waals surface area contributed by atoms with Gasteiger partial charge < -0.3 is 14.7 Å². The van der Waals surface area contributed by atoms with E-state index in [9.17, 15) is 4.79 Å². The Morgan fingerprint density at radius 3 is 3.00 bits per heavy atom. The molecular formula is C21H23N3O2. The first-order valence-corrected chi connectivity index (χ1v) is 9.12. The van der Waals surface area contributed by atoms with E-state index in [-0.39, 0.29) is 5.91 Å². The fraction of sp³-hybridized carbons (Fsp3) is 0.286. The number of rotatable bonds is 5. The second-order valence-electron chi connectivity index (χ2n) is 6.67. The van der Waals surface area contributed by atoms with E-state index in [1.165, 1.54) is 23.8 Å². The zero-order valence-electron chi connectivity index (χ0n) is 14.9. The van der Waals surface area contributed by atoms with Gasteiger partial charge in [-0.25, -0.2) is 0 Å². The fourth-order valence-electron chi connectivity index (χ4n) is 3.54. The van der Waals surface area contributed by atoms with E-state index >= 15 is 0 Å². The molecule has 5 nitrogen and oxygen atoms in total. The summed E-state index contributed by atoms with van der Waals surface area (Å²) in [5.74, 6) is 0.0731. The van der Waals surface area contributed by atoms with Crippen LogP contribution in [0.25, 0.3) is 16.5 Å².